The van der Waals surface area contributed by atoms with Crippen LogP contribution >= 0.6 is 0 Å². The maximum Gasteiger partial charge on any atom is 0.246 e. The number of rotatable bonds is 3. The molecular formula is C9H8F5N. The van der Waals surface area contributed by atoms with Crippen LogP contribution in [0.15, 0.2) is 12.1 Å². The minimum atomic E-state index is -3.04. The summed E-state index contributed by atoms with van der Waals surface area (Å²) in [6, 6.07) is 1.13. The van der Waals surface area contributed by atoms with Crippen LogP contribution in [0.25, 0.3) is 0 Å². The van der Waals surface area contributed by atoms with Crippen molar-refractivity contribution in [2.45, 2.75) is 12.3 Å². The van der Waals surface area contributed by atoms with E-state index in [-0.39, 0.29) is 0 Å². The van der Waals surface area contributed by atoms with Crippen LogP contribution in [0.5, 0.6) is 0 Å². The second kappa shape index (κ2) is 4.57. The van der Waals surface area contributed by atoms with Crippen LogP contribution in [0.2, 0.25) is 0 Å². The highest BCUT2D eigenvalue weighted by molar-refractivity contribution is 5.26. The molecule has 1 aromatic rings. The predicted molar refractivity (Wildman–Crippen MR) is 44.1 cm³/mol. The molecule has 0 saturated heterocycles. The second-order valence-electron chi connectivity index (χ2n) is 2.93. The third-order valence-electron chi connectivity index (χ3n) is 2.01. The molecule has 0 heterocycles. The van der Waals surface area contributed by atoms with E-state index in [4.69, 9.17) is 5.73 Å². The smallest absolute Gasteiger partial charge is 0.246 e. The summed E-state index contributed by atoms with van der Waals surface area (Å²) in [6.07, 6.45) is -3.04. The van der Waals surface area contributed by atoms with Gasteiger partial charge in [0.25, 0.3) is 0 Å². The molecule has 84 valence electrons. The molecule has 1 aromatic carbocycles. The molecule has 0 aliphatic carbocycles. The molecule has 1 rings (SSSR count). The zero-order valence-corrected chi connectivity index (χ0v) is 7.48. The summed E-state index contributed by atoms with van der Waals surface area (Å²) in [4.78, 5) is 0. The number of halogens is 5. The third-order valence-corrected chi connectivity index (χ3v) is 2.01. The van der Waals surface area contributed by atoms with Crippen molar-refractivity contribution < 1.29 is 22.0 Å². The van der Waals surface area contributed by atoms with Crippen molar-refractivity contribution >= 4 is 0 Å². The lowest BCUT2D eigenvalue weighted by atomic mass is 9.98. The highest BCUT2D eigenvalue weighted by Crippen LogP contribution is 2.28. The Morgan fingerprint density at radius 1 is 1.07 bits per heavy atom. The van der Waals surface area contributed by atoms with Crippen LogP contribution in [0, 0.1) is 17.5 Å². The molecule has 0 saturated carbocycles. The van der Waals surface area contributed by atoms with Gasteiger partial charge in [0.1, 0.15) is 5.82 Å². The zero-order valence-electron chi connectivity index (χ0n) is 7.48. The van der Waals surface area contributed by atoms with Crippen molar-refractivity contribution in [1.29, 1.82) is 0 Å². The van der Waals surface area contributed by atoms with Gasteiger partial charge in [-0.1, -0.05) is 0 Å². The van der Waals surface area contributed by atoms with E-state index in [0.717, 1.165) is 0 Å². The third kappa shape index (κ3) is 2.26. The van der Waals surface area contributed by atoms with Gasteiger partial charge in [-0.15, -0.1) is 0 Å². The van der Waals surface area contributed by atoms with Crippen molar-refractivity contribution in [1.82, 2.24) is 0 Å². The lowest BCUT2D eigenvalue weighted by Gasteiger charge is -2.15. The van der Waals surface area contributed by atoms with Gasteiger partial charge in [0.2, 0.25) is 6.43 Å². The fraction of sp³-hybridized carbons (Fsp3) is 0.333. The summed E-state index contributed by atoms with van der Waals surface area (Å²) < 4.78 is 63.5. The summed E-state index contributed by atoms with van der Waals surface area (Å²) in [6.45, 7) is -0.658. The molecular weight excluding hydrogens is 217 g/mol. The highest BCUT2D eigenvalue weighted by atomic mass is 19.3. The quantitative estimate of drug-likeness (QED) is 0.620. The fourth-order valence-electron chi connectivity index (χ4n) is 1.23. The zero-order chi connectivity index (χ0) is 11.6. The number of hydrogen-bond acceptors (Lipinski definition) is 1. The molecule has 6 heteroatoms. The Morgan fingerprint density at radius 2 is 1.60 bits per heavy atom. The second-order valence-corrected chi connectivity index (χ2v) is 2.93. The summed E-state index contributed by atoms with van der Waals surface area (Å²) in [5.41, 5.74) is 3.96. The van der Waals surface area contributed by atoms with Crippen LogP contribution in [-0.4, -0.2) is 13.0 Å². The van der Waals surface area contributed by atoms with Gasteiger partial charge in [-0.05, 0) is 12.1 Å². The standard InChI is InChI=1S/C9H8F5N/c10-5-1-2-6(11)8(12)7(5)4(3-15)9(13)14/h1-2,4,9H,3,15H2. The highest BCUT2D eigenvalue weighted by Gasteiger charge is 2.28. The van der Waals surface area contributed by atoms with Gasteiger partial charge in [-0.3, -0.25) is 0 Å². The number of alkyl halides is 2. The molecule has 0 radical (unpaired) electrons. The maximum atomic E-state index is 13.1. The van der Waals surface area contributed by atoms with Gasteiger partial charge in [-0.25, -0.2) is 22.0 Å². The number of hydrogen-bond donors (Lipinski definition) is 1. The molecule has 0 aromatic heterocycles. The molecule has 0 aliphatic rings. The van der Waals surface area contributed by atoms with Crippen molar-refractivity contribution in [2.24, 2.45) is 5.73 Å². The molecule has 2 N–H and O–H groups in total. The van der Waals surface area contributed by atoms with E-state index in [0.29, 0.717) is 12.1 Å². The maximum absolute atomic E-state index is 13.1. The number of nitrogens with two attached hydrogens (primary N) is 1. The Balaban J connectivity index is 3.27. The Hall–Kier alpha value is -1.17. The Bertz CT molecular complexity index is 353. The van der Waals surface area contributed by atoms with Crippen LogP contribution in [0.3, 0.4) is 0 Å². The van der Waals surface area contributed by atoms with Gasteiger partial charge in [0.15, 0.2) is 11.6 Å². The molecule has 0 fully saturated rings. The van der Waals surface area contributed by atoms with E-state index in [1.807, 2.05) is 0 Å². The van der Waals surface area contributed by atoms with E-state index in [9.17, 15) is 22.0 Å². The first kappa shape index (κ1) is 11.9. The van der Waals surface area contributed by atoms with Crippen molar-refractivity contribution in [3.63, 3.8) is 0 Å². The predicted octanol–water partition coefficient (Wildman–Crippen LogP) is 2.41. The van der Waals surface area contributed by atoms with Gasteiger partial charge < -0.3 is 5.73 Å². The number of benzene rings is 1. The lowest BCUT2D eigenvalue weighted by Crippen LogP contribution is -2.22. The summed E-state index contributed by atoms with van der Waals surface area (Å²) in [5, 5.41) is 0. The van der Waals surface area contributed by atoms with Crippen LogP contribution in [0.4, 0.5) is 22.0 Å². The molecule has 1 nitrogen and oxygen atoms in total. The Kier molecular flexibility index (Phi) is 3.62. The van der Waals surface area contributed by atoms with Crippen LogP contribution in [0.1, 0.15) is 11.5 Å². The topological polar surface area (TPSA) is 26.0 Å². The molecule has 0 bridgehead atoms. The van der Waals surface area contributed by atoms with Crippen molar-refractivity contribution in [3.05, 3.63) is 35.1 Å². The van der Waals surface area contributed by atoms with Gasteiger partial charge >= 0.3 is 0 Å². The average Bonchev–Trinajstić information content (AvgIpc) is 2.18. The van der Waals surface area contributed by atoms with E-state index < -0.39 is 41.9 Å². The van der Waals surface area contributed by atoms with Crippen molar-refractivity contribution in [3.8, 4) is 0 Å². The molecule has 0 amide bonds. The molecule has 1 atom stereocenters. The largest absolute Gasteiger partial charge is 0.330 e. The Labute approximate surface area is 82.7 Å². The molecule has 0 aliphatic heterocycles. The Morgan fingerprint density at radius 3 is 2.07 bits per heavy atom. The minimum absolute atomic E-state index is 0.535. The van der Waals surface area contributed by atoms with Gasteiger partial charge in [-0.2, -0.15) is 0 Å². The normalized spacial score (nSPS) is 13.3. The van der Waals surface area contributed by atoms with E-state index in [2.05, 4.69) is 0 Å². The SMILES string of the molecule is NCC(c1c(F)ccc(F)c1F)C(F)F. The van der Waals surface area contributed by atoms with Gasteiger partial charge in [0.05, 0.1) is 5.92 Å². The van der Waals surface area contributed by atoms with Crippen LogP contribution in [-0.2, 0) is 0 Å². The minimum Gasteiger partial charge on any atom is -0.330 e. The molecule has 1 unspecified atom stereocenters. The first-order valence-electron chi connectivity index (χ1n) is 4.10. The first-order chi connectivity index (χ1) is 6.99. The summed E-state index contributed by atoms with van der Waals surface area (Å²) >= 11 is 0. The van der Waals surface area contributed by atoms with E-state index in [1.165, 1.54) is 0 Å². The molecule has 0 spiro atoms. The van der Waals surface area contributed by atoms with E-state index in [1.54, 1.807) is 0 Å². The fourth-order valence-corrected chi connectivity index (χ4v) is 1.23. The first-order valence-corrected chi connectivity index (χ1v) is 4.10. The summed E-state index contributed by atoms with van der Waals surface area (Å²) in [7, 11) is 0. The molecule has 15 heavy (non-hydrogen) atoms. The van der Waals surface area contributed by atoms with E-state index >= 15 is 0 Å². The van der Waals surface area contributed by atoms with Gasteiger partial charge in [0, 0.05) is 12.1 Å². The lowest BCUT2D eigenvalue weighted by molar-refractivity contribution is 0.113. The van der Waals surface area contributed by atoms with Crippen LogP contribution < -0.4 is 5.73 Å². The monoisotopic (exact) mass is 225 g/mol. The van der Waals surface area contributed by atoms with Crippen molar-refractivity contribution in [2.75, 3.05) is 6.54 Å². The average molecular weight is 225 g/mol. The summed E-state index contributed by atoms with van der Waals surface area (Å²) in [5.74, 6) is -6.03.